The van der Waals surface area contributed by atoms with E-state index in [1.54, 1.807) is 19.9 Å². The van der Waals surface area contributed by atoms with Crippen molar-refractivity contribution in [3.63, 3.8) is 0 Å². The Balaban J connectivity index is 3.37. The Hall–Kier alpha value is -2.94. The third-order valence-corrected chi connectivity index (χ3v) is 6.23. The zero-order valence-electron chi connectivity index (χ0n) is 23.8. The molecule has 1 aromatic rings. The van der Waals surface area contributed by atoms with Crippen molar-refractivity contribution in [2.75, 3.05) is 0 Å². The lowest BCUT2D eigenvalue weighted by molar-refractivity contribution is -0.151. The summed E-state index contributed by atoms with van der Waals surface area (Å²) in [5.74, 6) is -3.70. The smallest absolute Gasteiger partial charge is 0.321 e. The number of hydrogen-bond donors (Lipinski definition) is 2. The summed E-state index contributed by atoms with van der Waals surface area (Å²) < 4.78 is 16.6. The van der Waals surface area contributed by atoms with Crippen LogP contribution in [0.1, 0.15) is 98.5 Å². The number of aliphatic carboxylic acids is 1. The summed E-state index contributed by atoms with van der Waals surface area (Å²) in [7, 11) is 0. The summed E-state index contributed by atoms with van der Waals surface area (Å²) >= 11 is 0. The molecule has 0 heterocycles. The van der Waals surface area contributed by atoms with E-state index in [2.05, 4.69) is 0 Å². The molecule has 0 aliphatic rings. The van der Waals surface area contributed by atoms with E-state index in [1.165, 1.54) is 12.1 Å². The van der Waals surface area contributed by atoms with Gasteiger partial charge in [-0.25, -0.2) is 0 Å². The molecule has 0 aliphatic carbocycles. The van der Waals surface area contributed by atoms with Crippen LogP contribution in [0.4, 0.5) is 0 Å². The van der Waals surface area contributed by atoms with Crippen LogP contribution in [0.3, 0.4) is 0 Å². The van der Waals surface area contributed by atoms with Gasteiger partial charge in [0.05, 0.1) is 0 Å². The maximum absolute atomic E-state index is 12.5. The standard InChI is InChI=1S/C29H45NO8/c1-8-9-10-11-24(31)36-20(7)19(6)27(28(30)29(34)35)21-12-13-22(37-25(32)14-17(2)3)23(16-21)38-26(33)15-18(4)5/h12-13,16-20,27-28H,8-11,14-15,30H2,1-7H3,(H,34,35)/t19?,20?,27?,28-/m0/s1. The second-order valence-corrected chi connectivity index (χ2v) is 10.8. The molecule has 9 nitrogen and oxygen atoms in total. The van der Waals surface area contributed by atoms with Gasteiger partial charge in [0.1, 0.15) is 12.1 Å². The summed E-state index contributed by atoms with van der Waals surface area (Å²) in [4.78, 5) is 49.1. The van der Waals surface area contributed by atoms with E-state index in [4.69, 9.17) is 19.9 Å². The van der Waals surface area contributed by atoms with Crippen molar-refractivity contribution in [2.24, 2.45) is 23.5 Å². The third-order valence-electron chi connectivity index (χ3n) is 6.23. The van der Waals surface area contributed by atoms with Gasteiger partial charge in [0.25, 0.3) is 0 Å². The molecular formula is C29H45NO8. The summed E-state index contributed by atoms with van der Waals surface area (Å²) in [6.45, 7) is 13.0. The van der Waals surface area contributed by atoms with Crippen molar-refractivity contribution in [1.29, 1.82) is 0 Å². The van der Waals surface area contributed by atoms with Crippen LogP contribution in [0.25, 0.3) is 0 Å². The molecule has 0 saturated carbocycles. The molecule has 214 valence electrons. The average Bonchev–Trinajstić information content (AvgIpc) is 2.79. The number of benzene rings is 1. The monoisotopic (exact) mass is 535 g/mol. The molecule has 4 atom stereocenters. The number of unbranched alkanes of at least 4 members (excludes halogenated alkanes) is 2. The number of carboxylic acid groups (broad SMARTS) is 1. The van der Waals surface area contributed by atoms with E-state index < -0.39 is 41.9 Å². The highest BCUT2D eigenvalue weighted by atomic mass is 16.6. The fraction of sp³-hybridized carbons (Fsp3) is 0.655. The van der Waals surface area contributed by atoms with Gasteiger partial charge in [-0.2, -0.15) is 0 Å². The SMILES string of the molecule is CCCCCC(=O)OC(C)C(C)C(c1ccc(OC(=O)CC(C)C)c(OC(=O)CC(C)C)c1)[C@H](N)C(=O)O. The molecule has 3 unspecified atom stereocenters. The molecule has 0 spiro atoms. The predicted molar refractivity (Wildman–Crippen MR) is 144 cm³/mol. The molecule has 0 amide bonds. The Morgan fingerprint density at radius 1 is 0.842 bits per heavy atom. The predicted octanol–water partition coefficient (Wildman–Crippen LogP) is 5.23. The molecule has 0 saturated heterocycles. The zero-order valence-corrected chi connectivity index (χ0v) is 23.8. The number of carboxylic acids is 1. The minimum absolute atomic E-state index is 0.00394. The van der Waals surface area contributed by atoms with E-state index >= 15 is 0 Å². The van der Waals surface area contributed by atoms with Gasteiger partial charge in [-0.05, 0) is 42.9 Å². The first-order valence-electron chi connectivity index (χ1n) is 13.5. The summed E-state index contributed by atoms with van der Waals surface area (Å²) in [6, 6.07) is 3.22. The van der Waals surface area contributed by atoms with Crippen LogP contribution in [0, 0.1) is 17.8 Å². The van der Waals surface area contributed by atoms with Crippen molar-refractivity contribution in [3.8, 4) is 11.5 Å². The van der Waals surface area contributed by atoms with E-state index in [1.807, 2.05) is 34.6 Å². The van der Waals surface area contributed by atoms with E-state index in [9.17, 15) is 24.3 Å². The lowest BCUT2D eigenvalue weighted by Gasteiger charge is -2.32. The molecule has 0 aromatic heterocycles. The molecule has 0 bridgehead atoms. The first-order valence-corrected chi connectivity index (χ1v) is 13.5. The molecule has 1 aromatic carbocycles. The van der Waals surface area contributed by atoms with Gasteiger partial charge in [0.15, 0.2) is 11.5 Å². The Bertz CT molecular complexity index is 943. The van der Waals surface area contributed by atoms with Crippen LogP contribution in [-0.4, -0.2) is 41.1 Å². The zero-order chi connectivity index (χ0) is 29.0. The van der Waals surface area contributed by atoms with Crippen molar-refractivity contribution in [1.82, 2.24) is 0 Å². The molecule has 38 heavy (non-hydrogen) atoms. The summed E-state index contributed by atoms with van der Waals surface area (Å²) in [5.41, 5.74) is 6.57. The molecule has 9 heteroatoms. The van der Waals surface area contributed by atoms with Gasteiger partial charge in [-0.15, -0.1) is 0 Å². The Morgan fingerprint density at radius 3 is 1.89 bits per heavy atom. The summed E-state index contributed by atoms with van der Waals surface area (Å²) in [5, 5.41) is 9.75. The second-order valence-electron chi connectivity index (χ2n) is 10.8. The molecule has 0 radical (unpaired) electrons. The topological polar surface area (TPSA) is 142 Å². The normalized spacial score (nSPS) is 14.5. The largest absolute Gasteiger partial charge is 0.480 e. The quantitative estimate of drug-likeness (QED) is 0.165. The minimum atomic E-state index is -1.33. The number of ether oxygens (including phenoxy) is 3. The maximum atomic E-state index is 12.5. The number of nitrogens with two attached hydrogens (primary N) is 1. The van der Waals surface area contributed by atoms with Crippen molar-refractivity contribution < 1.29 is 38.5 Å². The van der Waals surface area contributed by atoms with Gasteiger partial charge >= 0.3 is 23.9 Å². The van der Waals surface area contributed by atoms with Crippen LogP contribution in [0.15, 0.2) is 18.2 Å². The molecule has 1 rings (SSSR count). The lowest BCUT2D eigenvalue weighted by Crippen LogP contribution is -2.42. The number of rotatable bonds is 16. The first-order chi connectivity index (χ1) is 17.8. The molecule has 0 aliphatic heterocycles. The highest BCUT2D eigenvalue weighted by Gasteiger charge is 2.35. The number of esters is 3. The fourth-order valence-electron chi connectivity index (χ4n) is 4.07. The van der Waals surface area contributed by atoms with Crippen LogP contribution >= 0.6 is 0 Å². The number of carbonyl (C=O) groups is 4. The van der Waals surface area contributed by atoms with Crippen LogP contribution in [0.5, 0.6) is 11.5 Å². The van der Waals surface area contributed by atoms with E-state index in [-0.39, 0.29) is 48.6 Å². The van der Waals surface area contributed by atoms with E-state index in [0.717, 1.165) is 19.3 Å². The van der Waals surface area contributed by atoms with Crippen LogP contribution in [-0.2, 0) is 23.9 Å². The minimum Gasteiger partial charge on any atom is -0.480 e. The van der Waals surface area contributed by atoms with Gasteiger partial charge in [-0.3, -0.25) is 19.2 Å². The van der Waals surface area contributed by atoms with E-state index in [0.29, 0.717) is 5.56 Å². The van der Waals surface area contributed by atoms with Crippen LogP contribution in [0.2, 0.25) is 0 Å². The van der Waals surface area contributed by atoms with Crippen molar-refractivity contribution >= 4 is 23.9 Å². The lowest BCUT2D eigenvalue weighted by atomic mass is 9.79. The molecule has 3 N–H and O–H groups in total. The number of carbonyl (C=O) groups excluding carboxylic acids is 3. The Morgan fingerprint density at radius 2 is 1.39 bits per heavy atom. The molecular weight excluding hydrogens is 490 g/mol. The Labute approximate surface area is 226 Å². The van der Waals surface area contributed by atoms with Crippen LogP contribution < -0.4 is 15.2 Å². The second kappa shape index (κ2) is 16.1. The molecule has 0 fully saturated rings. The van der Waals surface area contributed by atoms with Gasteiger partial charge < -0.3 is 25.1 Å². The Kier molecular flexibility index (Phi) is 14.0. The third kappa shape index (κ3) is 11.2. The fourth-order valence-corrected chi connectivity index (χ4v) is 4.07. The van der Waals surface area contributed by atoms with Gasteiger partial charge in [-0.1, -0.05) is 60.5 Å². The van der Waals surface area contributed by atoms with Gasteiger partial charge in [0.2, 0.25) is 0 Å². The van der Waals surface area contributed by atoms with Crippen molar-refractivity contribution in [3.05, 3.63) is 23.8 Å². The average molecular weight is 536 g/mol. The number of hydrogen-bond acceptors (Lipinski definition) is 8. The highest BCUT2D eigenvalue weighted by molar-refractivity contribution is 5.77. The van der Waals surface area contributed by atoms with Gasteiger partial charge in [0, 0.05) is 31.1 Å². The maximum Gasteiger partial charge on any atom is 0.321 e. The highest BCUT2D eigenvalue weighted by Crippen LogP contribution is 2.37. The summed E-state index contributed by atoms with van der Waals surface area (Å²) in [6.07, 6.45) is 2.58. The first kappa shape index (κ1) is 33.1. The van der Waals surface area contributed by atoms with Crippen molar-refractivity contribution in [2.45, 2.75) is 105 Å².